The molecule has 42 heavy (non-hydrogen) atoms. The van der Waals surface area contributed by atoms with Gasteiger partial charge in [0, 0.05) is 59.2 Å². The number of hydrogen-bond acceptors (Lipinski definition) is 8. The zero-order valence-corrected chi connectivity index (χ0v) is 24.3. The smallest absolute Gasteiger partial charge is 0.298 e. The van der Waals surface area contributed by atoms with Crippen molar-refractivity contribution < 1.29 is 27.4 Å². The van der Waals surface area contributed by atoms with E-state index >= 15 is 4.39 Å². The van der Waals surface area contributed by atoms with Gasteiger partial charge in [-0.15, -0.1) is 0 Å². The highest BCUT2D eigenvalue weighted by Crippen LogP contribution is 2.37. The zero-order valence-electron chi connectivity index (χ0n) is 24.3. The third-order valence-corrected chi connectivity index (χ3v) is 8.19. The Kier molecular flexibility index (Phi) is 8.03. The third-order valence-electron chi connectivity index (χ3n) is 8.19. The number of carbonyl (C=O) groups excluding carboxylic acids is 1. The van der Waals surface area contributed by atoms with Gasteiger partial charge in [-0.25, -0.2) is 14.4 Å². The van der Waals surface area contributed by atoms with Crippen molar-refractivity contribution in [3.63, 3.8) is 0 Å². The first-order chi connectivity index (χ1) is 19.8. The number of aromatic nitrogens is 3. The van der Waals surface area contributed by atoms with Crippen molar-refractivity contribution in [1.82, 2.24) is 24.3 Å². The molecule has 1 atom stereocenters. The molecule has 1 N–H and O–H groups in total. The van der Waals surface area contributed by atoms with E-state index in [-0.39, 0.29) is 47.6 Å². The Bertz CT molecular complexity index is 1580. The number of likely N-dealkylation sites (tertiary alicyclic amines) is 2. The van der Waals surface area contributed by atoms with E-state index in [4.69, 9.17) is 9.47 Å². The number of nitrogens with zero attached hydrogens (tertiary/aromatic N) is 5. The number of aryl methyl sites for hydroxylation is 1. The molecule has 0 saturated carbocycles. The number of carbonyl (C=O) groups is 1. The second kappa shape index (κ2) is 11.3. The van der Waals surface area contributed by atoms with Gasteiger partial charge in [-0.1, -0.05) is 12.1 Å². The second-order valence-corrected chi connectivity index (χ2v) is 11.2. The Morgan fingerprint density at radius 1 is 1.24 bits per heavy atom. The van der Waals surface area contributed by atoms with Crippen LogP contribution in [0.15, 0.2) is 29.1 Å². The number of fused-ring (bicyclic) bond motifs is 1. The predicted octanol–water partition coefficient (Wildman–Crippen LogP) is 2.90. The first-order valence-electron chi connectivity index (χ1n) is 13.7. The van der Waals surface area contributed by atoms with E-state index in [1.807, 2.05) is 11.9 Å². The maximum absolute atomic E-state index is 15.4. The van der Waals surface area contributed by atoms with Crippen LogP contribution in [0.1, 0.15) is 36.0 Å². The second-order valence-electron chi connectivity index (χ2n) is 11.2. The number of pyridine rings is 1. The van der Waals surface area contributed by atoms with Crippen LogP contribution in [-0.4, -0.2) is 83.3 Å². The summed E-state index contributed by atoms with van der Waals surface area (Å²) in [5, 5.41) is 3.41. The minimum atomic E-state index is -3.52. The summed E-state index contributed by atoms with van der Waals surface area (Å²) < 4.78 is 58.0. The predicted molar refractivity (Wildman–Crippen MR) is 150 cm³/mol. The van der Waals surface area contributed by atoms with Crippen LogP contribution in [0.25, 0.3) is 10.9 Å². The molecule has 2 aliphatic heterocycles. The fourth-order valence-corrected chi connectivity index (χ4v) is 5.71. The van der Waals surface area contributed by atoms with Gasteiger partial charge in [0.15, 0.2) is 0 Å². The zero-order chi connectivity index (χ0) is 30.4. The van der Waals surface area contributed by atoms with Gasteiger partial charge in [-0.3, -0.25) is 9.59 Å². The van der Waals surface area contributed by atoms with E-state index in [1.165, 1.54) is 30.7 Å². The van der Waals surface area contributed by atoms with Crippen molar-refractivity contribution in [2.75, 3.05) is 52.3 Å². The molecule has 0 spiro atoms. The number of amides is 1. The van der Waals surface area contributed by atoms with Crippen LogP contribution in [0.2, 0.25) is 0 Å². The summed E-state index contributed by atoms with van der Waals surface area (Å²) in [6.45, 7) is 3.86. The third kappa shape index (κ3) is 5.48. The highest BCUT2D eigenvalue weighted by Gasteiger charge is 2.43. The van der Waals surface area contributed by atoms with Gasteiger partial charge in [-0.2, -0.15) is 8.78 Å². The molecule has 226 valence electrons. The molecule has 10 nitrogen and oxygen atoms in total. The van der Waals surface area contributed by atoms with E-state index in [0.29, 0.717) is 43.0 Å². The van der Waals surface area contributed by atoms with Crippen LogP contribution in [0.5, 0.6) is 0 Å². The number of rotatable bonds is 9. The largest absolute Gasteiger partial charge is 0.370 e. The van der Waals surface area contributed by atoms with Crippen molar-refractivity contribution in [1.29, 1.82) is 0 Å². The fraction of sp³-hybridized carbons (Fsp3) is 0.517. The average molecular weight is 589 g/mol. The topological polar surface area (TPSA) is 102 Å². The monoisotopic (exact) mass is 588 g/mol. The summed E-state index contributed by atoms with van der Waals surface area (Å²) in [6, 6.07) is 5.59. The van der Waals surface area contributed by atoms with Crippen LogP contribution >= 0.6 is 0 Å². The van der Waals surface area contributed by atoms with Gasteiger partial charge in [0.2, 0.25) is 5.91 Å². The summed E-state index contributed by atoms with van der Waals surface area (Å²) >= 11 is 0. The lowest BCUT2D eigenvalue weighted by molar-refractivity contribution is -0.134. The Morgan fingerprint density at radius 3 is 2.62 bits per heavy atom. The molecule has 1 aromatic carbocycles. The number of nitrogens with one attached hydrogen (secondary N) is 1. The summed E-state index contributed by atoms with van der Waals surface area (Å²) in [7, 11) is 5.01. The maximum Gasteiger partial charge on any atom is 0.298 e. The number of methoxy groups -OCH3 is 1. The molecular formula is C29H35F3N6O4. The average Bonchev–Trinajstić information content (AvgIpc) is 3.38. The van der Waals surface area contributed by atoms with Crippen LogP contribution in [0.3, 0.4) is 0 Å². The number of alkyl halides is 2. The van der Waals surface area contributed by atoms with Gasteiger partial charge in [-0.05, 0) is 26.1 Å². The molecular weight excluding hydrogens is 553 g/mol. The molecule has 4 heterocycles. The van der Waals surface area contributed by atoms with Gasteiger partial charge < -0.3 is 29.2 Å². The minimum Gasteiger partial charge on any atom is -0.370 e. The molecule has 3 aromatic rings. The maximum atomic E-state index is 15.4. The SMILES string of the molecule is COC1(c2cc3c(NCc4cccc(C(F)(F)COC5CN(C)C5)c4F)nc(C)nc3c(=O)n2C)CCN(C(C)=O)C1. The highest BCUT2D eigenvalue weighted by molar-refractivity contribution is 5.89. The molecule has 0 radical (unpaired) electrons. The van der Waals surface area contributed by atoms with Crippen LogP contribution in [0.4, 0.5) is 19.0 Å². The van der Waals surface area contributed by atoms with E-state index in [0.717, 1.165) is 6.07 Å². The molecule has 1 amide bonds. The van der Waals surface area contributed by atoms with Crippen molar-refractivity contribution in [3.8, 4) is 0 Å². The Labute approximate surface area is 241 Å². The summed E-state index contributed by atoms with van der Waals surface area (Å²) in [5.41, 5.74) is -1.38. The minimum absolute atomic E-state index is 0.00489. The molecule has 13 heteroatoms. The van der Waals surface area contributed by atoms with E-state index in [1.54, 1.807) is 24.9 Å². The Balaban J connectivity index is 1.45. The number of halogens is 3. The van der Waals surface area contributed by atoms with Gasteiger partial charge in [0.05, 0.1) is 29.3 Å². The fourth-order valence-electron chi connectivity index (χ4n) is 5.71. The highest BCUT2D eigenvalue weighted by atomic mass is 19.3. The van der Waals surface area contributed by atoms with Gasteiger partial charge >= 0.3 is 0 Å². The first kappa shape index (κ1) is 29.9. The lowest BCUT2D eigenvalue weighted by atomic mass is 9.96. The van der Waals surface area contributed by atoms with Crippen LogP contribution < -0.4 is 10.9 Å². The number of hydrogen-bond donors (Lipinski definition) is 1. The lowest BCUT2D eigenvalue weighted by Crippen LogP contribution is -2.50. The van der Waals surface area contributed by atoms with Gasteiger partial charge in [0.25, 0.3) is 11.5 Å². The van der Waals surface area contributed by atoms with E-state index in [2.05, 4.69) is 15.3 Å². The molecule has 2 saturated heterocycles. The molecule has 0 aliphatic carbocycles. The lowest BCUT2D eigenvalue weighted by Gasteiger charge is -2.36. The summed E-state index contributed by atoms with van der Waals surface area (Å²) in [5.74, 6) is -4.10. The number of benzene rings is 1. The number of anilines is 1. The number of likely N-dealkylation sites (N-methyl/N-ethyl adjacent to an activating group) is 1. The molecule has 0 bridgehead atoms. The van der Waals surface area contributed by atoms with Crippen molar-refractivity contribution >= 4 is 22.6 Å². The Hall–Kier alpha value is -3.55. The molecule has 2 aliphatic rings. The van der Waals surface area contributed by atoms with Gasteiger partial charge in [0.1, 0.15) is 35.2 Å². The normalized spacial score (nSPS) is 19.9. The quantitative estimate of drug-likeness (QED) is 0.407. The van der Waals surface area contributed by atoms with E-state index < -0.39 is 29.5 Å². The molecule has 2 fully saturated rings. The Morgan fingerprint density at radius 2 is 1.98 bits per heavy atom. The standard InChI is InChI=1S/C29H35F3N6O4/c1-17-34-25-21(11-23(37(4)27(25)40)28(41-5)9-10-38(15-28)18(2)39)26(35-17)33-12-19-7-6-8-22(24(19)30)29(31,32)16-42-20-13-36(3)14-20/h6-8,11,20H,9-10,12-16H2,1-5H3,(H,33,34,35). The van der Waals surface area contributed by atoms with Crippen molar-refractivity contribution in [2.45, 2.75) is 44.4 Å². The summed E-state index contributed by atoms with van der Waals surface area (Å²) in [4.78, 5) is 37.9. The van der Waals surface area contributed by atoms with Crippen LogP contribution in [-0.2, 0) is 39.4 Å². The van der Waals surface area contributed by atoms with Crippen LogP contribution in [0, 0.1) is 12.7 Å². The summed E-state index contributed by atoms with van der Waals surface area (Å²) in [6.07, 6.45) is 0.178. The van der Waals surface area contributed by atoms with Crippen molar-refractivity contribution in [3.05, 3.63) is 63.1 Å². The molecule has 5 rings (SSSR count). The molecule has 1 unspecified atom stereocenters. The first-order valence-corrected chi connectivity index (χ1v) is 13.7. The van der Waals surface area contributed by atoms with E-state index in [9.17, 15) is 18.4 Å². The number of ether oxygens (including phenoxy) is 2. The molecule has 2 aromatic heterocycles. The van der Waals surface area contributed by atoms with Crippen molar-refractivity contribution in [2.24, 2.45) is 7.05 Å².